The lowest BCUT2D eigenvalue weighted by Gasteiger charge is -2.07. The highest BCUT2D eigenvalue weighted by Gasteiger charge is 2.16. The topological polar surface area (TPSA) is 108 Å². The Balaban J connectivity index is 1.63. The van der Waals surface area contributed by atoms with Crippen LogP contribution in [0.25, 0.3) is 22.0 Å². The van der Waals surface area contributed by atoms with Crippen molar-refractivity contribution in [3.8, 4) is 5.75 Å². The molecule has 1 amide bonds. The molecule has 2 aromatic carbocycles. The van der Waals surface area contributed by atoms with E-state index in [9.17, 15) is 14.7 Å². The summed E-state index contributed by atoms with van der Waals surface area (Å²) < 4.78 is 5.23. The third kappa shape index (κ3) is 2.79. The Morgan fingerprint density at radius 1 is 1.27 bits per heavy atom. The number of anilines is 1. The Bertz CT molecular complexity index is 1170. The number of aromatic amines is 1. The van der Waals surface area contributed by atoms with Crippen LogP contribution in [0.1, 0.15) is 11.1 Å². The lowest BCUT2D eigenvalue weighted by Crippen LogP contribution is -2.21. The molecule has 0 aliphatic carbocycles. The molecule has 0 aliphatic rings. The number of aromatic hydroxyl groups is 1. The van der Waals surface area contributed by atoms with Gasteiger partial charge in [0.25, 0.3) is 0 Å². The number of hydrogen-bond acceptors (Lipinski definition) is 5. The fourth-order valence-corrected chi connectivity index (χ4v) is 2.94. The standard InChI is InChI=1S/C19H15N3O4/c1-10-12-7-6-11(23)8-16(12)26-18(25)13(10)9-17(24)22-19-20-14-4-2-3-5-15(14)21-19/h2-8,23H,9H2,1H3,(H2,20,21,22,24). The molecular formula is C19H15N3O4. The van der Waals surface area contributed by atoms with Gasteiger partial charge in [0.05, 0.1) is 23.0 Å². The van der Waals surface area contributed by atoms with E-state index in [2.05, 4.69) is 15.3 Å². The Labute approximate surface area is 147 Å². The summed E-state index contributed by atoms with van der Waals surface area (Å²) in [7, 11) is 0. The zero-order valence-corrected chi connectivity index (χ0v) is 13.9. The second-order valence-corrected chi connectivity index (χ2v) is 6.00. The van der Waals surface area contributed by atoms with Gasteiger partial charge >= 0.3 is 5.63 Å². The van der Waals surface area contributed by atoms with E-state index in [1.54, 1.807) is 13.0 Å². The summed E-state index contributed by atoms with van der Waals surface area (Å²) in [4.78, 5) is 31.9. The average Bonchev–Trinajstić information content (AvgIpc) is 3.00. The van der Waals surface area contributed by atoms with E-state index >= 15 is 0 Å². The molecule has 7 nitrogen and oxygen atoms in total. The summed E-state index contributed by atoms with van der Waals surface area (Å²) >= 11 is 0. The number of hydrogen-bond donors (Lipinski definition) is 3. The highest BCUT2D eigenvalue weighted by molar-refractivity contribution is 5.93. The van der Waals surface area contributed by atoms with Crippen molar-refractivity contribution in [2.75, 3.05) is 5.32 Å². The van der Waals surface area contributed by atoms with Crippen LogP contribution in [-0.4, -0.2) is 21.0 Å². The lowest BCUT2D eigenvalue weighted by atomic mass is 10.0. The molecule has 0 spiro atoms. The minimum atomic E-state index is -0.597. The summed E-state index contributed by atoms with van der Waals surface area (Å²) in [5.41, 5.74) is 2.16. The third-order valence-corrected chi connectivity index (χ3v) is 4.26. The van der Waals surface area contributed by atoms with Crippen molar-refractivity contribution in [2.45, 2.75) is 13.3 Å². The van der Waals surface area contributed by atoms with Crippen molar-refractivity contribution in [3.63, 3.8) is 0 Å². The first-order valence-electron chi connectivity index (χ1n) is 8.01. The van der Waals surface area contributed by atoms with E-state index in [1.807, 2.05) is 24.3 Å². The van der Waals surface area contributed by atoms with Gasteiger partial charge in [-0.25, -0.2) is 9.78 Å². The second kappa shape index (κ2) is 6.03. The number of para-hydroxylation sites is 2. The van der Waals surface area contributed by atoms with Gasteiger partial charge in [0, 0.05) is 11.5 Å². The SMILES string of the molecule is Cc1c(CC(=O)Nc2nc3ccccc3[nH]2)c(=O)oc2cc(O)ccc12. The van der Waals surface area contributed by atoms with E-state index in [-0.39, 0.29) is 29.2 Å². The van der Waals surface area contributed by atoms with Crippen molar-refractivity contribution in [2.24, 2.45) is 0 Å². The summed E-state index contributed by atoms with van der Waals surface area (Å²) in [6.45, 7) is 1.75. The molecule has 0 radical (unpaired) electrons. The minimum Gasteiger partial charge on any atom is -0.508 e. The summed E-state index contributed by atoms with van der Waals surface area (Å²) in [6.07, 6.45) is -0.137. The molecule has 4 aromatic rings. The predicted molar refractivity (Wildman–Crippen MR) is 97.3 cm³/mol. The maximum absolute atomic E-state index is 12.4. The first-order valence-corrected chi connectivity index (χ1v) is 8.01. The van der Waals surface area contributed by atoms with Crippen molar-refractivity contribution in [3.05, 3.63) is 64.0 Å². The number of phenols is 1. The molecule has 3 N–H and O–H groups in total. The molecule has 0 aliphatic heterocycles. The molecule has 0 saturated heterocycles. The van der Waals surface area contributed by atoms with Gasteiger partial charge in [-0.1, -0.05) is 12.1 Å². The van der Waals surface area contributed by atoms with Crippen molar-refractivity contribution >= 4 is 33.9 Å². The molecule has 7 heteroatoms. The van der Waals surface area contributed by atoms with Crippen LogP contribution >= 0.6 is 0 Å². The number of aromatic nitrogens is 2. The van der Waals surface area contributed by atoms with Crippen LogP contribution in [0.15, 0.2) is 51.7 Å². The molecule has 2 aromatic heterocycles. The number of amides is 1. The molecular weight excluding hydrogens is 334 g/mol. The number of aryl methyl sites for hydroxylation is 1. The maximum Gasteiger partial charge on any atom is 0.340 e. The fraction of sp³-hybridized carbons (Fsp3) is 0.105. The van der Waals surface area contributed by atoms with E-state index in [4.69, 9.17) is 4.42 Å². The molecule has 0 fully saturated rings. The number of nitrogens with one attached hydrogen (secondary N) is 2. The highest BCUT2D eigenvalue weighted by Crippen LogP contribution is 2.23. The number of carbonyl (C=O) groups is 1. The third-order valence-electron chi connectivity index (χ3n) is 4.26. The van der Waals surface area contributed by atoms with E-state index in [0.717, 1.165) is 11.0 Å². The van der Waals surface area contributed by atoms with Gasteiger partial charge in [0.1, 0.15) is 11.3 Å². The Morgan fingerprint density at radius 3 is 2.88 bits per heavy atom. The minimum absolute atomic E-state index is 0.00966. The van der Waals surface area contributed by atoms with Gasteiger partial charge in [-0.15, -0.1) is 0 Å². The number of benzene rings is 2. The number of H-pyrrole nitrogens is 1. The Kier molecular flexibility index (Phi) is 3.69. The van der Waals surface area contributed by atoms with Gasteiger partial charge in [0.2, 0.25) is 11.9 Å². The number of carbonyl (C=O) groups excluding carboxylic acids is 1. The van der Waals surface area contributed by atoms with Crippen LogP contribution in [0.3, 0.4) is 0 Å². The van der Waals surface area contributed by atoms with Crippen molar-refractivity contribution in [1.82, 2.24) is 9.97 Å². The Morgan fingerprint density at radius 2 is 2.08 bits per heavy atom. The zero-order valence-electron chi connectivity index (χ0n) is 13.9. The van der Waals surface area contributed by atoms with E-state index in [1.165, 1.54) is 12.1 Å². The van der Waals surface area contributed by atoms with Gasteiger partial charge in [0.15, 0.2) is 0 Å². The molecule has 26 heavy (non-hydrogen) atoms. The highest BCUT2D eigenvalue weighted by atomic mass is 16.4. The van der Waals surface area contributed by atoms with Gasteiger partial charge in [-0.3, -0.25) is 10.1 Å². The van der Waals surface area contributed by atoms with Gasteiger partial charge in [-0.05, 0) is 36.8 Å². The second-order valence-electron chi connectivity index (χ2n) is 6.00. The van der Waals surface area contributed by atoms with Gasteiger partial charge < -0.3 is 14.5 Å². The largest absolute Gasteiger partial charge is 0.508 e. The quantitative estimate of drug-likeness (QED) is 0.493. The molecule has 4 rings (SSSR count). The first-order chi connectivity index (χ1) is 12.5. The number of nitrogens with zero attached hydrogens (tertiary/aromatic N) is 1. The Hall–Kier alpha value is -3.61. The summed E-state index contributed by atoms with van der Waals surface area (Å²) in [6, 6.07) is 12.0. The van der Waals surface area contributed by atoms with E-state index < -0.39 is 5.63 Å². The van der Waals surface area contributed by atoms with Gasteiger partial charge in [-0.2, -0.15) is 0 Å². The molecule has 0 bridgehead atoms. The van der Waals surface area contributed by atoms with Crippen molar-refractivity contribution in [1.29, 1.82) is 0 Å². The fourth-order valence-electron chi connectivity index (χ4n) is 2.94. The van der Waals surface area contributed by atoms with Crippen LogP contribution in [0.4, 0.5) is 5.95 Å². The number of fused-ring (bicyclic) bond motifs is 2. The maximum atomic E-state index is 12.4. The smallest absolute Gasteiger partial charge is 0.340 e. The zero-order chi connectivity index (χ0) is 18.3. The van der Waals surface area contributed by atoms with E-state index in [0.29, 0.717) is 16.9 Å². The lowest BCUT2D eigenvalue weighted by molar-refractivity contribution is -0.115. The normalized spacial score (nSPS) is 11.1. The van der Waals surface area contributed by atoms with Crippen LogP contribution < -0.4 is 10.9 Å². The molecule has 2 heterocycles. The van der Waals surface area contributed by atoms with Crippen LogP contribution in [0.5, 0.6) is 5.75 Å². The molecule has 0 saturated carbocycles. The van der Waals surface area contributed by atoms with Crippen LogP contribution in [-0.2, 0) is 11.2 Å². The monoisotopic (exact) mass is 349 g/mol. The average molecular weight is 349 g/mol. The first kappa shape index (κ1) is 15.9. The molecule has 0 unspecified atom stereocenters. The number of phenolic OH excluding ortho intramolecular Hbond substituents is 1. The number of imidazole rings is 1. The predicted octanol–water partition coefficient (Wildman–Crippen LogP) is 2.86. The summed E-state index contributed by atoms with van der Waals surface area (Å²) in [5.74, 6) is -0.0445. The summed E-state index contributed by atoms with van der Waals surface area (Å²) in [5, 5.41) is 12.9. The molecule has 0 atom stereocenters. The number of rotatable bonds is 3. The van der Waals surface area contributed by atoms with Crippen LogP contribution in [0.2, 0.25) is 0 Å². The molecule has 130 valence electrons. The van der Waals surface area contributed by atoms with Crippen LogP contribution in [0, 0.1) is 6.92 Å². The van der Waals surface area contributed by atoms with Crippen molar-refractivity contribution < 1.29 is 14.3 Å².